The topological polar surface area (TPSA) is 55.8 Å². The van der Waals surface area contributed by atoms with Crippen LogP contribution in [-0.2, 0) is 14.3 Å². The summed E-state index contributed by atoms with van der Waals surface area (Å²) in [5.74, 6) is -0.459. The Bertz CT molecular complexity index is 313. The summed E-state index contributed by atoms with van der Waals surface area (Å²) in [6.45, 7) is 5.61. The minimum absolute atomic E-state index is 0.244. The first-order valence-corrected chi connectivity index (χ1v) is 5.89. The van der Waals surface area contributed by atoms with Crippen LogP contribution in [0.25, 0.3) is 0 Å². The molecule has 6 heteroatoms. The number of nitrogens with zero attached hydrogens (tertiary/aromatic N) is 1. The number of ether oxygens (including phenoxy) is 2. The Labute approximate surface area is 106 Å². The molecular weight excluding hydrogens is 246 g/mol. The maximum atomic E-state index is 11.9. The molecule has 1 aliphatic heterocycles. The number of hydrogen-bond acceptors (Lipinski definition) is 4. The number of rotatable bonds is 1. The summed E-state index contributed by atoms with van der Waals surface area (Å²) in [6, 6.07) is -0.641. The second-order valence-electron chi connectivity index (χ2n) is 5.00. The van der Waals surface area contributed by atoms with Crippen LogP contribution in [-0.4, -0.2) is 47.6 Å². The highest BCUT2D eigenvalue weighted by atomic mass is 35.5. The van der Waals surface area contributed by atoms with Gasteiger partial charge in [-0.05, 0) is 27.2 Å². The third-order valence-corrected chi connectivity index (χ3v) is 2.67. The van der Waals surface area contributed by atoms with Crippen molar-refractivity contribution in [3.63, 3.8) is 0 Å². The van der Waals surface area contributed by atoms with Gasteiger partial charge in [-0.3, -0.25) is 4.90 Å². The fraction of sp³-hybridized carbons (Fsp3) is 0.818. The lowest BCUT2D eigenvalue weighted by molar-refractivity contribution is -0.145. The van der Waals surface area contributed by atoms with E-state index in [-0.39, 0.29) is 5.38 Å². The van der Waals surface area contributed by atoms with E-state index in [4.69, 9.17) is 16.3 Å². The van der Waals surface area contributed by atoms with Gasteiger partial charge in [0.1, 0.15) is 11.6 Å². The Morgan fingerprint density at radius 3 is 2.41 bits per heavy atom. The zero-order valence-corrected chi connectivity index (χ0v) is 11.3. The molecule has 1 heterocycles. The summed E-state index contributed by atoms with van der Waals surface area (Å²) in [5.41, 5.74) is -0.595. The molecule has 0 bridgehead atoms. The number of alkyl halides is 1. The molecule has 0 aromatic rings. The van der Waals surface area contributed by atoms with E-state index >= 15 is 0 Å². The normalized spacial score (nSPS) is 24.6. The van der Waals surface area contributed by atoms with Crippen LogP contribution >= 0.6 is 11.6 Å². The van der Waals surface area contributed by atoms with Crippen molar-refractivity contribution < 1.29 is 19.1 Å². The van der Waals surface area contributed by atoms with Gasteiger partial charge in [-0.15, -0.1) is 11.6 Å². The zero-order chi connectivity index (χ0) is 13.2. The summed E-state index contributed by atoms with van der Waals surface area (Å²) in [7, 11) is 1.29. The smallest absolute Gasteiger partial charge is 0.411 e. The second kappa shape index (κ2) is 5.12. The van der Waals surface area contributed by atoms with Gasteiger partial charge in [-0.25, -0.2) is 9.59 Å². The lowest BCUT2D eigenvalue weighted by atomic mass is 10.2. The minimum atomic E-state index is -0.641. The summed E-state index contributed by atoms with van der Waals surface area (Å²) in [6.07, 6.45) is -0.135. The van der Waals surface area contributed by atoms with E-state index in [1.807, 2.05) is 0 Å². The van der Waals surface area contributed by atoms with Gasteiger partial charge in [0.15, 0.2) is 0 Å². The molecule has 0 aliphatic carbocycles. The van der Waals surface area contributed by atoms with Gasteiger partial charge in [-0.1, -0.05) is 0 Å². The Balaban J connectivity index is 2.73. The summed E-state index contributed by atoms with van der Waals surface area (Å²) < 4.78 is 9.86. The van der Waals surface area contributed by atoms with Crippen molar-refractivity contribution >= 4 is 23.7 Å². The molecule has 17 heavy (non-hydrogen) atoms. The average Bonchev–Trinajstić information content (AvgIpc) is 2.56. The van der Waals surface area contributed by atoms with Crippen LogP contribution in [0, 0.1) is 0 Å². The highest BCUT2D eigenvalue weighted by Gasteiger charge is 2.41. The van der Waals surface area contributed by atoms with Crippen molar-refractivity contribution in [3.05, 3.63) is 0 Å². The van der Waals surface area contributed by atoms with E-state index < -0.39 is 23.7 Å². The van der Waals surface area contributed by atoms with E-state index in [9.17, 15) is 9.59 Å². The summed E-state index contributed by atoms with van der Waals surface area (Å²) in [5, 5.41) is -0.244. The Morgan fingerprint density at radius 1 is 1.35 bits per heavy atom. The third kappa shape index (κ3) is 3.77. The zero-order valence-electron chi connectivity index (χ0n) is 10.5. The first-order valence-electron chi connectivity index (χ1n) is 5.46. The molecule has 0 saturated carbocycles. The van der Waals surface area contributed by atoms with E-state index in [1.165, 1.54) is 12.0 Å². The Hall–Kier alpha value is -0.970. The van der Waals surface area contributed by atoms with Crippen LogP contribution in [0.15, 0.2) is 0 Å². The molecule has 1 saturated heterocycles. The molecule has 0 radical (unpaired) electrons. The molecule has 0 aromatic heterocycles. The number of amides is 1. The maximum absolute atomic E-state index is 11.9. The molecule has 98 valence electrons. The lowest BCUT2D eigenvalue weighted by Crippen LogP contribution is -2.43. The number of hydrogen-bond donors (Lipinski definition) is 0. The maximum Gasteiger partial charge on any atom is 0.411 e. The molecule has 1 aliphatic rings. The molecule has 0 N–H and O–H groups in total. The van der Waals surface area contributed by atoms with Crippen molar-refractivity contribution in [2.45, 2.75) is 44.2 Å². The van der Waals surface area contributed by atoms with Crippen LogP contribution in [0.5, 0.6) is 0 Å². The van der Waals surface area contributed by atoms with Gasteiger partial charge in [0.2, 0.25) is 0 Å². The quantitative estimate of drug-likeness (QED) is 0.534. The predicted molar refractivity (Wildman–Crippen MR) is 63.0 cm³/mol. The van der Waals surface area contributed by atoms with Crippen molar-refractivity contribution in [3.8, 4) is 0 Å². The molecule has 0 spiro atoms. The first-order chi connectivity index (χ1) is 7.74. The van der Waals surface area contributed by atoms with Crippen LogP contribution in [0.2, 0.25) is 0 Å². The largest absolute Gasteiger partial charge is 0.467 e. The summed E-state index contributed by atoms with van der Waals surface area (Å²) >= 11 is 5.96. The van der Waals surface area contributed by atoms with Crippen LogP contribution < -0.4 is 0 Å². The molecule has 1 rings (SSSR count). The van der Waals surface area contributed by atoms with Crippen molar-refractivity contribution in [1.29, 1.82) is 0 Å². The van der Waals surface area contributed by atoms with Gasteiger partial charge in [0, 0.05) is 6.54 Å². The molecule has 1 amide bonds. The number of methoxy groups -OCH3 is 1. The highest BCUT2D eigenvalue weighted by Crippen LogP contribution is 2.25. The van der Waals surface area contributed by atoms with Crippen LogP contribution in [0.1, 0.15) is 27.2 Å². The van der Waals surface area contributed by atoms with Crippen molar-refractivity contribution in [1.82, 2.24) is 4.90 Å². The molecular formula is C11H18ClNO4. The van der Waals surface area contributed by atoms with E-state index in [2.05, 4.69) is 4.74 Å². The van der Waals surface area contributed by atoms with Crippen molar-refractivity contribution in [2.75, 3.05) is 13.7 Å². The SMILES string of the molecule is COC(=O)[C@@H]1CC(Cl)CN1C(=O)OC(C)(C)C. The lowest BCUT2D eigenvalue weighted by Gasteiger charge is -2.27. The fourth-order valence-electron chi connectivity index (χ4n) is 1.67. The predicted octanol–water partition coefficient (Wildman–Crippen LogP) is 1.78. The molecule has 0 aromatic carbocycles. The van der Waals surface area contributed by atoms with Crippen LogP contribution in [0.3, 0.4) is 0 Å². The number of halogens is 1. The third-order valence-electron chi connectivity index (χ3n) is 2.35. The number of esters is 1. The fourth-order valence-corrected chi connectivity index (χ4v) is 1.98. The average molecular weight is 264 g/mol. The number of likely N-dealkylation sites (tertiary alicyclic amines) is 1. The monoisotopic (exact) mass is 263 g/mol. The highest BCUT2D eigenvalue weighted by molar-refractivity contribution is 6.21. The summed E-state index contributed by atoms with van der Waals surface area (Å²) in [4.78, 5) is 24.7. The first kappa shape index (κ1) is 14.1. The Morgan fingerprint density at radius 2 is 1.94 bits per heavy atom. The van der Waals surface area contributed by atoms with E-state index in [0.717, 1.165) is 0 Å². The van der Waals surface area contributed by atoms with E-state index in [0.29, 0.717) is 13.0 Å². The number of carbonyl (C=O) groups excluding carboxylic acids is 2. The van der Waals surface area contributed by atoms with Crippen molar-refractivity contribution in [2.24, 2.45) is 0 Å². The second-order valence-corrected chi connectivity index (χ2v) is 5.62. The van der Waals surface area contributed by atoms with Gasteiger partial charge >= 0.3 is 12.1 Å². The van der Waals surface area contributed by atoms with E-state index in [1.54, 1.807) is 20.8 Å². The number of carbonyl (C=O) groups is 2. The Kier molecular flexibility index (Phi) is 4.25. The molecule has 1 unspecified atom stereocenters. The molecule has 1 fully saturated rings. The standard InChI is InChI=1S/C11H18ClNO4/c1-11(2,3)17-10(15)13-6-7(12)5-8(13)9(14)16-4/h7-8H,5-6H2,1-4H3/t7?,8-/m0/s1. The van der Waals surface area contributed by atoms with Gasteiger partial charge in [0.25, 0.3) is 0 Å². The van der Waals surface area contributed by atoms with Gasteiger partial charge < -0.3 is 9.47 Å². The molecule has 2 atom stereocenters. The van der Waals surface area contributed by atoms with Gasteiger partial charge in [0.05, 0.1) is 12.5 Å². The van der Waals surface area contributed by atoms with Gasteiger partial charge in [-0.2, -0.15) is 0 Å². The van der Waals surface area contributed by atoms with Crippen LogP contribution in [0.4, 0.5) is 4.79 Å². The minimum Gasteiger partial charge on any atom is -0.467 e. The molecule has 5 nitrogen and oxygen atoms in total.